The van der Waals surface area contributed by atoms with Crippen molar-refractivity contribution in [1.82, 2.24) is 10.6 Å². The molecular formula is C15H22F2IN3S. The molecule has 0 amide bonds. The Morgan fingerprint density at radius 3 is 2.91 bits per heavy atom. The van der Waals surface area contributed by atoms with Crippen LogP contribution in [0.15, 0.2) is 23.2 Å². The second-order valence-electron chi connectivity index (χ2n) is 5.04. The van der Waals surface area contributed by atoms with E-state index in [1.807, 2.05) is 11.8 Å². The van der Waals surface area contributed by atoms with Crippen LogP contribution in [-0.4, -0.2) is 37.1 Å². The summed E-state index contributed by atoms with van der Waals surface area (Å²) in [6, 6.07) is 3.97. The average molecular weight is 441 g/mol. The Labute approximate surface area is 151 Å². The largest absolute Gasteiger partial charge is 0.356 e. The number of nitrogens with one attached hydrogen (secondary N) is 2. The highest BCUT2D eigenvalue weighted by Gasteiger charge is 2.14. The Balaban J connectivity index is 0.00000242. The first-order chi connectivity index (χ1) is 10.2. The summed E-state index contributed by atoms with van der Waals surface area (Å²) < 4.78 is 26.6. The van der Waals surface area contributed by atoms with Gasteiger partial charge >= 0.3 is 0 Å². The molecule has 1 unspecified atom stereocenters. The van der Waals surface area contributed by atoms with Gasteiger partial charge in [-0.15, -0.1) is 24.0 Å². The molecule has 1 atom stereocenters. The smallest absolute Gasteiger partial charge is 0.191 e. The molecule has 7 heteroatoms. The molecule has 0 saturated carbocycles. The average Bonchev–Trinajstić information content (AvgIpc) is 2.50. The number of benzene rings is 1. The van der Waals surface area contributed by atoms with E-state index in [4.69, 9.17) is 0 Å². The topological polar surface area (TPSA) is 36.4 Å². The summed E-state index contributed by atoms with van der Waals surface area (Å²) in [5.74, 6) is 2.25. The number of rotatable bonds is 4. The zero-order chi connectivity index (χ0) is 15.1. The van der Waals surface area contributed by atoms with Gasteiger partial charge in [-0.25, -0.2) is 8.78 Å². The van der Waals surface area contributed by atoms with Gasteiger partial charge in [-0.3, -0.25) is 4.99 Å². The Kier molecular flexibility index (Phi) is 9.08. The fourth-order valence-corrected chi connectivity index (χ4v) is 3.36. The molecular weight excluding hydrogens is 419 g/mol. The lowest BCUT2D eigenvalue weighted by Crippen LogP contribution is -2.46. The van der Waals surface area contributed by atoms with Crippen molar-refractivity contribution in [1.29, 1.82) is 0 Å². The Bertz CT molecular complexity index is 494. The van der Waals surface area contributed by atoms with Crippen LogP contribution in [0.4, 0.5) is 8.78 Å². The van der Waals surface area contributed by atoms with Gasteiger partial charge in [0, 0.05) is 25.4 Å². The first-order valence-corrected chi connectivity index (χ1v) is 8.33. The van der Waals surface area contributed by atoms with Crippen LogP contribution in [-0.2, 0) is 6.42 Å². The summed E-state index contributed by atoms with van der Waals surface area (Å²) in [5.41, 5.74) is 0.381. The van der Waals surface area contributed by atoms with E-state index in [1.54, 1.807) is 7.05 Å². The second kappa shape index (κ2) is 10.3. The predicted molar refractivity (Wildman–Crippen MR) is 100 cm³/mol. The van der Waals surface area contributed by atoms with Gasteiger partial charge in [0.25, 0.3) is 0 Å². The lowest BCUT2D eigenvalue weighted by molar-refractivity contribution is 0.574. The summed E-state index contributed by atoms with van der Waals surface area (Å²) in [5, 5.41) is 6.52. The van der Waals surface area contributed by atoms with Crippen LogP contribution in [0.2, 0.25) is 0 Å². The third-order valence-corrected chi connectivity index (χ3v) is 4.63. The maximum atomic E-state index is 13.5. The highest BCUT2D eigenvalue weighted by atomic mass is 127. The molecule has 0 aromatic heterocycles. The van der Waals surface area contributed by atoms with Crippen molar-refractivity contribution in [2.24, 2.45) is 4.99 Å². The zero-order valence-electron chi connectivity index (χ0n) is 12.6. The Morgan fingerprint density at radius 1 is 1.41 bits per heavy atom. The lowest BCUT2D eigenvalue weighted by atomic mass is 10.1. The monoisotopic (exact) mass is 441 g/mol. The van der Waals surface area contributed by atoms with Crippen LogP contribution in [0.3, 0.4) is 0 Å². The molecule has 1 fully saturated rings. The van der Waals surface area contributed by atoms with Gasteiger partial charge in [0.15, 0.2) is 5.96 Å². The highest BCUT2D eigenvalue weighted by Crippen LogP contribution is 2.16. The summed E-state index contributed by atoms with van der Waals surface area (Å²) in [6.07, 6.45) is 2.78. The summed E-state index contributed by atoms with van der Waals surface area (Å²) in [7, 11) is 1.72. The third kappa shape index (κ3) is 6.28. The Morgan fingerprint density at radius 2 is 2.23 bits per heavy atom. The lowest BCUT2D eigenvalue weighted by Gasteiger charge is -2.24. The molecule has 1 saturated heterocycles. The van der Waals surface area contributed by atoms with Gasteiger partial charge in [0.1, 0.15) is 11.6 Å². The van der Waals surface area contributed by atoms with E-state index in [9.17, 15) is 8.78 Å². The van der Waals surface area contributed by atoms with Crippen LogP contribution in [0.5, 0.6) is 0 Å². The van der Waals surface area contributed by atoms with Gasteiger partial charge < -0.3 is 10.6 Å². The van der Waals surface area contributed by atoms with Gasteiger partial charge in [0.2, 0.25) is 0 Å². The molecule has 3 nitrogen and oxygen atoms in total. The number of hydrogen-bond acceptors (Lipinski definition) is 2. The quantitative estimate of drug-likeness (QED) is 0.428. The minimum atomic E-state index is -0.409. The number of hydrogen-bond donors (Lipinski definition) is 2. The number of nitrogens with zero attached hydrogens (tertiary/aromatic N) is 1. The molecule has 0 bridgehead atoms. The van der Waals surface area contributed by atoms with E-state index in [0.29, 0.717) is 24.6 Å². The molecule has 0 aliphatic carbocycles. The highest BCUT2D eigenvalue weighted by molar-refractivity contribution is 14.0. The van der Waals surface area contributed by atoms with Crippen LogP contribution in [0.25, 0.3) is 0 Å². The second-order valence-corrected chi connectivity index (χ2v) is 6.19. The fraction of sp³-hybridized carbons (Fsp3) is 0.533. The minimum Gasteiger partial charge on any atom is -0.356 e. The van der Waals surface area contributed by atoms with Crippen LogP contribution >= 0.6 is 35.7 Å². The van der Waals surface area contributed by atoms with Crippen molar-refractivity contribution in [2.75, 3.05) is 25.1 Å². The van der Waals surface area contributed by atoms with Crippen LogP contribution < -0.4 is 10.6 Å². The SMILES string of the molecule is CN=C(NCCc1cc(F)ccc1F)NC1CCCSC1.I. The number of thioether (sulfide) groups is 1. The van der Waals surface area contributed by atoms with Gasteiger partial charge in [-0.05, 0) is 48.8 Å². The number of guanidine groups is 1. The Hall–Kier alpha value is -0.570. The predicted octanol–water partition coefficient (Wildman–Crippen LogP) is 3.19. The van der Waals surface area contributed by atoms with E-state index in [-0.39, 0.29) is 29.8 Å². The molecule has 1 aliphatic heterocycles. The van der Waals surface area contributed by atoms with E-state index in [0.717, 1.165) is 30.3 Å². The first-order valence-electron chi connectivity index (χ1n) is 7.18. The van der Waals surface area contributed by atoms with Crippen molar-refractivity contribution in [2.45, 2.75) is 25.3 Å². The summed E-state index contributed by atoms with van der Waals surface area (Å²) >= 11 is 1.94. The van der Waals surface area contributed by atoms with Crippen molar-refractivity contribution in [3.8, 4) is 0 Å². The number of halogens is 3. The van der Waals surface area contributed by atoms with Crippen molar-refractivity contribution in [3.63, 3.8) is 0 Å². The van der Waals surface area contributed by atoms with Crippen molar-refractivity contribution < 1.29 is 8.78 Å². The molecule has 1 aliphatic rings. The van der Waals surface area contributed by atoms with E-state index >= 15 is 0 Å². The van der Waals surface area contributed by atoms with Crippen molar-refractivity contribution in [3.05, 3.63) is 35.4 Å². The fourth-order valence-electron chi connectivity index (χ4n) is 2.29. The molecule has 1 aromatic carbocycles. The van der Waals surface area contributed by atoms with E-state index in [1.165, 1.54) is 18.2 Å². The van der Waals surface area contributed by atoms with E-state index in [2.05, 4.69) is 15.6 Å². The van der Waals surface area contributed by atoms with Gasteiger partial charge in [0.05, 0.1) is 0 Å². The molecule has 1 heterocycles. The molecule has 0 spiro atoms. The van der Waals surface area contributed by atoms with Crippen LogP contribution in [0, 0.1) is 11.6 Å². The molecule has 2 rings (SSSR count). The summed E-state index contributed by atoms with van der Waals surface area (Å²) in [6.45, 7) is 0.514. The maximum absolute atomic E-state index is 13.5. The molecule has 124 valence electrons. The van der Waals surface area contributed by atoms with Gasteiger partial charge in [-0.2, -0.15) is 11.8 Å². The van der Waals surface area contributed by atoms with Crippen molar-refractivity contribution >= 4 is 41.7 Å². The number of aliphatic imine (C=N–C) groups is 1. The summed E-state index contributed by atoms with van der Waals surface area (Å²) in [4.78, 5) is 4.17. The molecule has 2 N–H and O–H groups in total. The third-order valence-electron chi connectivity index (χ3n) is 3.42. The minimum absolute atomic E-state index is 0. The molecule has 1 aromatic rings. The van der Waals surface area contributed by atoms with Gasteiger partial charge in [-0.1, -0.05) is 0 Å². The molecule has 0 radical (unpaired) electrons. The maximum Gasteiger partial charge on any atom is 0.191 e. The normalized spacial score (nSPS) is 18.5. The molecule has 22 heavy (non-hydrogen) atoms. The zero-order valence-corrected chi connectivity index (χ0v) is 15.7. The van der Waals surface area contributed by atoms with E-state index < -0.39 is 5.82 Å². The first kappa shape index (κ1) is 19.5. The standard InChI is InChI=1S/C15H21F2N3S.HI/c1-18-15(20-13-3-2-8-21-10-13)19-7-6-11-9-12(16)4-5-14(11)17;/h4-5,9,13H,2-3,6-8,10H2,1H3,(H2,18,19,20);1H. The van der Waals surface area contributed by atoms with Crippen LogP contribution in [0.1, 0.15) is 18.4 Å².